The quantitative estimate of drug-likeness (QED) is 0.653. The molecular formula is C8H15N3O2. The van der Waals surface area contributed by atoms with Crippen LogP contribution in [0.25, 0.3) is 0 Å². The van der Waals surface area contributed by atoms with E-state index in [1.165, 1.54) is 0 Å². The molecule has 0 bridgehead atoms. The van der Waals surface area contributed by atoms with Crippen molar-refractivity contribution in [1.82, 2.24) is 10.1 Å². The highest BCUT2D eigenvalue weighted by molar-refractivity contribution is 4.83. The zero-order valence-corrected chi connectivity index (χ0v) is 7.82. The van der Waals surface area contributed by atoms with E-state index in [0.717, 1.165) is 18.7 Å². The Morgan fingerprint density at radius 2 is 2.38 bits per heavy atom. The van der Waals surface area contributed by atoms with Crippen LogP contribution in [0.3, 0.4) is 0 Å². The number of nitrogens with zero attached hydrogens (tertiary/aromatic N) is 2. The minimum absolute atomic E-state index is 0.382. The molecule has 1 aromatic heterocycles. The number of hydrogen-bond acceptors (Lipinski definition) is 5. The van der Waals surface area contributed by atoms with Crippen LogP contribution in [0.2, 0.25) is 0 Å². The lowest BCUT2D eigenvalue weighted by atomic mass is 10.5. The molecule has 0 amide bonds. The normalized spacial score (nSPS) is 10.6. The molecule has 0 aliphatic heterocycles. The Hall–Kier alpha value is -0.940. The second kappa shape index (κ2) is 5.66. The van der Waals surface area contributed by atoms with Gasteiger partial charge in [-0.05, 0) is 13.0 Å². The summed E-state index contributed by atoms with van der Waals surface area (Å²) in [6, 6.07) is 0. The maximum Gasteiger partial charge on any atom is 0.252 e. The van der Waals surface area contributed by atoms with E-state index < -0.39 is 0 Å². The van der Waals surface area contributed by atoms with Gasteiger partial charge in [-0.3, -0.25) is 0 Å². The fourth-order valence-electron chi connectivity index (χ4n) is 0.837. The van der Waals surface area contributed by atoms with E-state index in [0.29, 0.717) is 25.6 Å². The van der Waals surface area contributed by atoms with E-state index in [4.69, 9.17) is 15.0 Å². The molecular weight excluding hydrogens is 170 g/mol. The molecule has 0 aliphatic carbocycles. The summed E-state index contributed by atoms with van der Waals surface area (Å²) in [4.78, 5) is 4.09. The average molecular weight is 185 g/mol. The van der Waals surface area contributed by atoms with E-state index in [2.05, 4.69) is 10.1 Å². The highest BCUT2D eigenvalue weighted by Gasteiger charge is 2.03. The highest BCUT2D eigenvalue weighted by atomic mass is 16.5. The van der Waals surface area contributed by atoms with Gasteiger partial charge in [-0.15, -0.1) is 0 Å². The summed E-state index contributed by atoms with van der Waals surface area (Å²) >= 11 is 0. The van der Waals surface area contributed by atoms with Crippen molar-refractivity contribution in [3.05, 3.63) is 11.7 Å². The summed E-state index contributed by atoms with van der Waals surface area (Å²) in [5.74, 6) is 1.26. The lowest BCUT2D eigenvalue weighted by Crippen LogP contribution is -2.04. The van der Waals surface area contributed by atoms with Crippen LogP contribution in [0.5, 0.6) is 0 Å². The number of aryl methyl sites for hydroxylation is 1. The molecule has 74 valence electrons. The molecule has 5 heteroatoms. The minimum atomic E-state index is 0.382. The smallest absolute Gasteiger partial charge is 0.252 e. The second-order valence-electron chi connectivity index (χ2n) is 2.65. The summed E-state index contributed by atoms with van der Waals surface area (Å²) in [7, 11) is 0. The van der Waals surface area contributed by atoms with Crippen molar-refractivity contribution in [3.8, 4) is 0 Å². The van der Waals surface area contributed by atoms with Gasteiger partial charge in [0.05, 0.1) is 0 Å². The Morgan fingerprint density at radius 3 is 3.00 bits per heavy atom. The van der Waals surface area contributed by atoms with E-state index in [-0.39, 0.29) is 0 Å². The molecule has 13 heavy (non-hydrogen) atoms. The zero-order chi connectivity index (χ0) is 9.52. The SMILES string of the molecule is CCc1noc(COCCCN)n1. The number of nitrogens with two attached hydrogens (primary N) is 1. The summed E-state index contributed by atoms with van der Waals surface area (Å²) < 4.78 is 10.2. The van der Waals surface area contributed by atoms with Crippen LogP contribution in [0.1, 0.15) is 25.1 Å². The van der Waals surface area contributed by atoms with Crippen molar-refractivity contribution in [3.63, 3.8) is 0 Å². The van der Waals surface area contributed by atoms with Gasteiger partial charge < -0.3 is 15.0 Å². The fourth-order valence-corrected chi connectivity index (χ4v) is 0.837. The molecule has 2 N–H and O–H groups in total. The van der Waals surface area contributed by atoms with E-state index in [1.54, 1.807) is 0 Å². The van der Waals surface area contributed by atoms with E-state index >= 15 is 0 Å². The lowest BCUT2D eigenvalue weighted by molar-refractivity contribution is 0.0969. The number of rotatable bonds is 6. The molecule has 0 unspecified atom stereocenters. The highest BCUT2D eigenvalue weighted by Crippen LogP contribution is 1.99. The van der Waals surface area contributed by atoms with Gasteiger partial charge in [0.25, 0.3) is 5.89 Å². The molecule has 1 rings (SSSR count). The Kier molecular flexibility index (Phi) is 4.42. The third kappa shape index (κ3) is 3.52. The standard InChI is InChI=1S/C8H15N3O2/c1-2-7-10-8(13-11-7)6-12-5-3-4-9/h2-6,9H2,1H3. The predicted octanol–water partition coefficient (Wildman–Crippen LogP) is 0.497. The van der Waals surface area contributed by atoms with Crippen molar-refractivity contribution >= 4 is 0 Å². The third-order valence-electron chi connectivity index (χ3n) is 1.54. The van der Waals surface area contributed by atoms with Crippen molar-refractivity contribution in [2.75, 3.05) is 13.2 Å². The summed E-state index contributed by atoms with van der Waals surface area (Å²) in [6.45, 7) is 3.64. The third-order valence-corrected chi connectivity index (χ3v) is 1.54. The van der Waals surface area contributed by atoms with E-state index in [9.17, 15) is 0 Å². The topological polar surface area (TPSA) is 74.2 Å². The van der Waals surface area contributed by atoms with Crippen LogP contribution in [0.4, 0.5) is 0 Å². The first kappa shape index (κ1) is 10.1. The van der Waals surface area contributed by atoms with Gasteiger partial charge in [0.1, 0.15) is 6.61 Å². The van der Waals surface area contributed by atoms with Gasteiger partial charge in [-0.25, -0.2) is 0 Å². The first-order chi connectivity index (χ1) is 6.36. The van der Waals surface area contributed by atoms with Gasteiger partial charge in [0.2, 0.25) is 0 Å². The number of aromatic nitrogens is 2. The summed E-state index contributed by atoms with van der Waals surface area (Å²) in [6.07, 6.45) is 1.64. The van der Waals surface area contributed by atoms with Crippen LogP contribution < -0.4 is 5.73 Å². The molecule has 0 saturated heterocycles. The maximum absolute atomic E-state index is 5.30. The van der Waals surface area contributed by atoms with Crippen molar-refractivity contribution in [2.24, 2.45) is 5.73 Å². The lowest BCUT2D eigenvalue weighted by Gasteiger charge is -1.97. The summed E-state index contributed by atoms with van der Waals surface area (Å²) in [5, 5.41) is 3.74. The molecule has 1 aromatic rings. The molecule has 0 spiro atoms. The van der Waals surface area contributed by atoms with Crippen molar-refractivity contribution in [1.29, 1.82) is 0 Å². The molecule has 0 fully saturated rings. The Morgan fingerprint density at radius 1 is 1.54 bits per heavy atom. The van der Waals surface area contributed by atoms with Crippen molar-refractivity contribution < 1.29 is 9.26 Å². The molecule has 5 nitrogen and oxygen atoms in total. The van der Waals surface area contributed by atoms with Crippen LogP contribution in [0.15, 0.2) is 4.52 Å². The Bertz CT molecular complexity index is 237. The van der Waals surface area contributed by atoms with Crippen LogP contribution in [0, 0.1) is 0 Å². The van der Waals surface area contributed by atoms with Gasteiger partial charge in [0.15, 0.2) is 5.82 Å². The average Bonchev–Trinajstić information content (AvgIpc) is 2.60. The van der Waals surface area contributed by atoms with Crippen LogP contribution in [-0.4, -0.2) is 23.3 Å². The number of ether oxygens (including phenoxy) is 1. The van der Waals surface area contributed by atoms with Crippen LogP contribution in [-0.2, 0) is 17.8 Å². The Labute approximate surface area is 77.3 Å². The molecule has 0 radical (unpaired) electrons. The monoisotopic (exact) mass is 185 g/mol. The predicted molar refractivity (Wildman–Crippen MR) is 47.0 cm³/mol. The second-order valence-corrected chi connectivity index (χ2v) is 2.65. The molecule has 0 atom stereocenters. The van der Waals surface area contributed by atoms with Crippen LogP contribution >= 0.6 is 0 Å². The van der Waals surface area contributed by atoms with Gasteiger partial charge in [0, 0.05) is 13.0 Å². The van der Waals surface area contributed by atoms with Crippen molar-refractivity contribution in [2.45, 2.75) is 26.4 Å². The summed E-state index contributed by atoms with van der Waals surface area (Å²) in [5.41, 5.74) is 5.30. The fraction of sp³-hybridized carbons (Fsp3) is 0.750. The molecule has 0 aromatic carbocycles. The van der Waals surface area contributed by atoms with Gasteiger partial charge in [-0.2, -0.15) is 4.98 Å². The maximum atomic E-state index is 5.30. The first-order valence-corrected chi connectivity index (χ1v) is 4.46. The van der Waals surface area contributed by atoms with Gasteiger partial charge in [-0.1, -0.05) is 12.1 Å². The van der Waals surface area contributed by atoms with E-state index in [1.807, 2.05) is 6.92 Å². The molecule has 1 heterocycles. The molecule has 0 saturated carbocycles. The Balaban J connectivity index is 2.20. The number of hydrogen-bond donors (Lipinski definition) is 1. The first-order valence-electron chi connectivity index (χ1n) is 4.46. The minimum Gasteiger partial charge on any atom is -0.372 e. The largest absolute Gasteiger partial charge is 0.372 e. The van der Waals surface area contributed by atoms with Gasteiger partial charge >= 0.3 is 0 Å². The molecule has 0 aliphatic rings. The zero-order valence-electron chi connectivity index (χ0n) is 7.82.